The van der Waals surface area contributed by atoms with Gasteiger partial charge in [-0.25, -0.2) is 4.68 Å². The molecule has 0 unspecified atom stereocenters. The predicted octanol–water partition coefficient (Wildman–Crippen LogP) is 1.90. The molecule has 128 valence electrons. The molecule has 2 rings (SSSR count). The Labute approximate surface area is 133 Å². The van der Waals surface area contributed by atoms with Crippen molar-refractivity contribution in [2.45, 2.75) is 52.1 Å². The Balaban J connectivity index is 1.95. The van der Waals surface area contributed by atoms with Gasteiger partial charge in [-0.05, 0) is 33.1 Å². The minimum absolute atomic E-state index is 0.00375. The van der Waals surface area contributed by atoms with Crippen molar-refractivity contribution < 1.29 is 23.1 Å². The molecule has 1 fully saturated rings. The Morgan fingerprint density at radius 1 is 1.39 bits per heavy atom. The van der Waals surface area contributed by atoms with E-state index < -0.39 is 6.55 Å². The van der Waals surface area contributed by atoms with Crippen LogP contribution in [0.15, 0.2) is 0 Å². The van der Waals surface area contributed by atoms with Crippen molar-refractivity contribution in [1.82, 2.24) is 15.1 Å². The number of aryl methyl sites for hydroxylation is 1. The summed E-state index contributed by atoms with van der Waals surface area (Å²) in [5, 5.41) is 6.62. The molecule has 1 aliphatic carbocycles. The number of rotatable bonds is 5. The highest BCUT2D eigenvalue weighted by Gasteiger charge is 2.31. The highest BCUT2D eigenvalue weighted by molar-refractivity contribution is 5.79. The summed E-state index contributed by atoms with van der Waals surface area (Å²) in [7, 11) is 1.35. The van der Waals surface area contributed by atoms with Crippen molar-refractivity contribution in [2.24, 2.45) is 5.92 Å². The van der Waals surface area contributed by atoms with Crippen LogP contribution in [0.25, 0.3) is 0 Å². The van der Waals surface area contributed by atoms with Crippen molar-refractivity contribution in [1.29, 1.82) is 0 Å². The van der Waals surface area contributed by atoms with E-state index in [4.69, 9.17) is 4.74 Å². The Kier molecular flexibility index (Phi) is 5.33. The van der Waals surface area contributed by atoms with Gasteiger partial charge in [0.2, 0.25) is 5.91 Å². The number of alkyl halides is 2. The van der Waals surface area contributed by atoms with Gasteiger partial charge in [0.25, 0.3) is 0 Å². The molecule has 1 aromatic rings. The molecule has 8 heteroatoms. The molecule has 1 aromatic heterocycles. The lowest BCUT2D eigenvalue weighted by molar-refractivity contribution is -0.145. The maximum absolute atomic E-state index is 12.8. The summed E-state index contributed by atoms with van der Waals surface area (Å²) in [5.41, 5.74) is 1.24. The van der Waals surface area contributed by atoms with Crippen molar-refractivity contribution in [3.05, 3.63) is 17.0 Å². The van der Waals surface area contributed by atoms with Crippen LogP contribution in [0.4, 0.5) is 8.78 Å². The van der Waals surface area contributed by atoms with Crippen molar-refractivity contribution >= 4 is 11.9 Å². The van der Waals surface area contributed by atoms with Crippen LogP contribution in [-0.2, 0) is 20.7 Å². The van der Waals surface area contributed by atoms with Crippen molar-refractivity contribution in [3.8, 4) is 0 Å². The molecule has 0 bridgehead atoms. The molecule has 1 heterocycles. The van der Waals surface area contributed by atoms with E-state index in [0.717, 1.165) is 0 Å². The van der Waals surface area contributed by atoms with Crippen LogP contribution in [0.5, 0.6) is 0 Å². The molecule has 1 N–H and O–H groups in total. The van der Waals surface area contributed by atoms with Gasteiger partial charge in [-0.2, -0.15) is 13.9 Å². The summed E-state index contributed by atoms with van der Waals surface area (Å²) in [4.78, 5) is 23.6. The number of methoxy groups -OCH3 is 1. The number of carbonyl (C=O) groups excluding carboxylic acids is 2. The van der Waals surface area contributed by atoms with E-state index in [2.05, 4.69) is 10.4 Å². The number of hydrogen-bond acceptors (Lipinski definition) is 4. The van der Waals surface area contributed by atoms with Crippen LogP contribution in [-0.4, -0.2) is 34.8 Å². The first-order chi connectivity index (χ1) is 10.8. The Bertz CT molecular complexity index is 601. The molecule has 0 aromatic carbocycles. The zero-order valence-corrected chi connectivity index (χ0v) is 13.4. The molecular formula is C15H21F2N3O3. The van der Waals surface area contributed by atoms with E-state index >= 15 is 0 Å². The van der Waals surface area contributed by atoms with Crippen LogP contribution < -0.4 is 5.32 Å². The van der Waals surface area contributed by atoms with Gasteiger partial charge in [0, 0.05) is 17.3 Å². The molecule has 0 spiro atoms. The van der Waals surface area contributed by atoms with E-state index in [9.17, 15) is 18.4 Å². The van der Waals surface area contributed by atoms with Gasteiger partial charge in [-0.3, -0.25) is 9.59 Å². The normalized spacial score (nSPS) is 20.8. The average Bonchev–Trinajstić information content (AvgIpc) is 3.06. The molecular weight excluding hydrogens is 308 g/mol. The zero-order valence-electron chi connectivity index (χ0n) is 13.4. The van der Waals surface area contributed by atoms with Crippen LogP contribution in [0.1, 0.15) is 42.8 Å². The quantitative estimate of drug-likeness (QED) is 0.837. The third-order valence-electron chi connectivity index (χ3n) is 4.33. The number of aromatic nitrogens is 2. The minimum Gasteiger partial charge on any atom is -0.469 e. The predicted molar refractivity (Wildman–Crippen MR) is 77.9 cm³/mol. The summed E-state index contributed by atoms with van der Waals surface area (Å²) >= 11 is 0. The molecule has 1 amide bonds. The summed E-state index contributed by atoms with van der Waals surface area (Å²) in [5.74, 6) is -0.692. The first-order valence-electron chi connectivity index (χ1n) is 7.53. The fourth-order valence-electron chi connectivity index (χ4n) is 3.08. The third-order valence-corrected chi connectivity index (χ3v) is 4.33. The largest absolute Gasteiger partial charge is 0.469 e. The van der Waals surface area contributed by atoms with Crippen molar-refractivity contribution in [2.75, 3.05) is 7.11 Å². The monoisotopic (exact) mass is 329 g/mol. The minimum atomic E-state index is -2.72. The molecule has 2 atom stereocenters. The van der Waals surface area contributed by atoms with Crippen LogP contribution in [0, 0.1) is 19.8 Å². The van der Waals surface area contributed by atoms with Gasteiger partial charge >= 0.3 is 12.5 Å². The van der Waals surface area contributed by atoms with E-state index in [1.54, 1.807) is 6.92 Å². The summed E-state index contributed by atoms with van der Waals surface area (Å²) in [6.07, 6.45) is 1.94. The number of nitrogens with one attached hydrogen (secondary N) is 1. The summed E-state index contributed by atoms with van der Waals surface area (Å²) < 4.78 is 30.9. The molecule has 6 nitrogen and oxygen atoms in total. The molecule has 0 saturated heterocycles. The number of halogens is 2. The number of esters is 1. The second kappa shape index (κ2) is 7.06. The van der Waals surface area contributed by atoms with E-state index in [1.807, 2.05) is 0 Å². The number of ether oxygens (including phenoxy) is 1. The number of nitrogens with zero attached hydrogens (tertiary/aromatic N) is 2. The molecule has 1 saturated carbocycles. The second-order valence-corrected chi connectivity index (χ2v) is 5.85. The number of amides is 1. The van der Waals surface area contributed by atoms with Gasteiger partial charge in [-0.1, -0.05) is 0 Å². The van der Waals surface area contributed by atoms with E-state index in [0.29, 0.717) is 40.9 Å². The highest BCUT2D eigenvalue weighted by Crippen LogP contribution is 2.27. The fraction of sp³-hybridized carbons (Fsp3) is 0.667. The summed E-state index contributed by atoms with van der Waals surface area (Å²) in [6, 6.07) is -0.0858. The van der Waals surface area contributed by atoms with Gasteiger partial charge in [0.15, 0.2) is 0 Å². The summed E-state index contributed by atoms with van der Waals surface area (Å²) in [6.45, 7) is 0.413. The SMILES string of the molecule is COC(=O)[C@@H]1CC[C@H](NC(=O)Cc2c(C)nn(C(F)F)c2C)C1. The maximum atomic E-state index is 12.8. The van der Waals surface area contributed by atoms with Crippen LogP contribution >= 0.6 is 0 Å². The first kappa shape index (κ1) is 17.4. The standard InChI is InChI=1S/C15H21F2N3O3/c1-8-12(9(2)20(19-8)15(16)17)7-13(21)18-11-5-4-10(6-11)14(22)23-3/h10-11,15H,4-7H2,1-3H3,(H,18,21)/t10-,11+/m1/s1. The smallest absolute Gasteiger partial charge is 0.333 e. The number of carbonyl (C=O) groups is 2. The fourth-order valence-corrected chi connectivity index (χ4v) is 3.08. The lowest BCUT2D eigenvalue weighted by atomic mass is 10.1. The van der Waals surface area contributed by atoms with Gasteiger partial charge in [0.05, 0.1) is 25.1 Å². The Morgan fingerprint density at radius 3 is 2.65 bits per heavy atom. The van der Waals surface area contributed by atoms with Gasteiger partial charge in [-0.15, -0.1) is 0 Å². The molecule has 0 radical (unpaired) electrons. The van der Waals surface area contributed by atoms with Crippen LogP contribution in [0.2, 0.25) is 0 Å². The first-order valence-corrected chi connectivity index (χ1v) is 7.53. The van der Waals surface area contributed by atoms with Gasteiger partial charge < -0.3 is 10.1 Å². The van der Waals surface area contributed by atoms with Gasteiger partial charge in [0.1, 0.15) is 0 Å². The Morgan fingerprint density at radius 2 is 2.09 bits per heavy atom. The number of hydrogen-bond donors (Lipinski definition) is 1. The molecule has 23 heavy (non-hydrogen) atoms. The lowest BCUT2D eigenvalue weighted by Gasteiger charge is -2.13. The maximum Gasteiger partial charge on any atom is 0.333 e. The average molecular weight is 329 g/mol. The second-order valence-electron chi connectivity index (χ2n) is 5.85. The molecule has 1 aliphatic rings. The van der Waals surface area contributed by atoms with E-state index in [1.165, 1.54) is 14.0 Å². The zero-order chi connectivity index (χ0) is 17.1. The highest BCUT2D eigenvalue weighted by atomic mass is 19.3. The third kappa shape index (κ3) is 3.86. The van der Waals surface area contributed by atoms with Crippen molar-refractivity contribution in [3.63, 3.8) is 0 Å². The Hall–Kier alpha value is -1.99. The van der Waals surface area contributed by atoms with Crippen LogP contribution in [0.3, 0.4) is 0 Å². The lowest BCUT2D eigenvalue weighted by Crippen LogP contribution is -2.34. The topological polar surface area (TPSA) is 73.2 Å². The van der Waals surface area contributed by atoms with E-state index in [-0.39, 0.29) is 30.3 Å². The molecule has 0 aliphatic heterocycles.